The van der Waals surface area contributed by atoms with Gasteiger partial charge in [0.15, 0.2) is 11.5 Å². The molecule has 3 aromatic carbocycles. The highest BCUT2D eigenvalue weighted by atomic mass is 32.2. The Morgan fingerprint density at radius 1 is 0.947 bits per heavy atom. The van der Waals surface area contributed by atoms with E-state index in [2.05, 4.69) is 4.74 Å². The molecule has 8 heteroatoms. The summed E-state index contributed by atoms with van der Waals surface area (Å²) in [4.78, 5) is 18.0. The monoisotopic (exact) mass is 530 g/mol. The van der Waals surface area contributed by atoms with Crippen LogP contribution in [0.2, 0.25) is 0 Å². The number of aryl methyl sites for hydroxylation is 1. The highest BCUT2D eigenvalue weighted by molar-refractivity contribution is 7.99. The third-order valence-corrected chi connectivity index (χ3v) is 6.90. The van der Waals surface area contributed by atoms with Crippen molar-refractivity contribution in [3.05, 3.63) is 108 Å². The Labute approximate surface area is 223 Å². The molecule has 0 radical (unpaired) electrons. The number of rotatable bonds is 9. The first-order valence-corrected chi connectivity index (χ1v) is 12.9. The van der Waals surface area contributed by atoms with E-state index in [-0.39, 0.29) is 17.3 Å². The third-order valence-electron chi connectivity index (χ3n) is 6.07. The molecule has 192 valence electrons. The van der Waals surface area contributed by atoms with Crippen molar-refractivity contribution in [3.63, 3.8) is 0 Å². The molecule has 5 aromatic rings. The number of nitrogens with zero attached hydrogens (tertiary/aromatic N) is 2. The summed E-state index contributed by atoms with van der Waals surface area (Å²) in [5, 5.41) is 0.416. The molecule has 0 atom stereocenters. The Morgan fingerprint density at radius 3 is 2.21 bits per heavy atom. The van der Waals surface area contributed by atoms with Crippen LogP contribution in [0, 0.1) is 13.8 Å². The molecule has 0 bridgehead atoms. The average Bonchev–Trinajstić information content (AvgIpc) is 3.49. The van der Waals surface area contributed by atoms with Gasteiger partial charge in [-0.05, 0) is 44.2 Å². The smallest absolute Gasteiger partial charge is 0.387 e. The average molecular weight is 531 g/mol. The lowest BCUT2D eigenvalue weighted by Crippen LogP contribution is -2.06. The molecule has 0 aliphatic rings. The Kier molecular flexibility index (Phi) is 7.42. The van der Waals surface area contributed by atoms with Crippen LogP contribution in [0.15, 0.2) is 101 Å². The largest absolute Gasteiger partial charge is 0.435 e. The number of Topliss-reactive ketones (excluding diaryl/α,β-unsaturated/α-hetero) is 1. The van der Waals surface area contributed by atoms with E-state index in [1.165, 1.54) is 23.9 Å². The molecule has 0 aliphatic carbocycles. The predicted octanol–water partition coefficient (Wildman–Crippen LogP) is 7.99. The van der Waals surface area contributed by atoms with Crippen molar-refractivity contribution in [2.45, 2.75) is 25.7 Å². The van der Waals surface area contributed by atoms with Crippen LogP contribution in [0.4, 0.5) is 8.78 Å². The molecule has 0 saturated carbocycles. The molecular weight excluding hydrogens is 506 g/mol. The molecule has 5 rings (SSSR count). The zero-order valence-electron chi connectivity index (χ0n) is 20.7. The fourth-order valence-electron chi connectivity index (χ4n) is 4.36. The van der Waals surface area contributed by atoms with Crippen molar-refractivity contribution in [3.8, 4) is 34.0 Å². The number of hydrogen-bond donors (Lipinski definition) is 0. The summed E-state index contributed by atoms with van der Waals surface area (Å²) in [6, 6.07) is 27.7. The number of carbonyl (C=O) groups is 1. The number of aromatic nitrogens is 2. The first-order valence-electron chi connectivity index (χ1n) is 11.9. The molecule has 5 nitrogen and oxygen atoms in total. The standard InChI is InChI=1S/C30H24F2N2O3S/c1-19-17-25(20(2)34(19)23-13-15-24(16-14-23)36-29(31)32)26(35)18-38-30-33-27(21-9-5-3-6-10-21)28(37-30)22-11-7-4-8-12-22/h3-17,29H,18H2,1-2H3. The van der Waals surface area contributed by atoms with E-state index in [0.717, 1.165) is 33.9 Å². The number of halogens is 2. The fourth-order valence-corrected chi connectivity index (χ4v) is 5.07. The first-order chi connectivity index (χ1) is 18.4. The first kappa shape index (κ1) is 25.5. The van der Waals surface area contributed by atoms with Crippen LogP contribution in [0.5, 0.6) is 5.75 Å². The van der Waals surface area contributed by atoms with Gasteiger partial charge in [-0.15, -0.1) is 0 Å². The van der Waals surface area contributed by atoms with E-state index in [1.807, 2.05) is 85.1 Å². The maximum absolute atomic E-state index is 13.2. The highest BCUT2D eigenvalue weighted by Crippen LogP contribution is 2.36. The lowest BCUT2D eigenvalue weighted by molar-refractivity contribution is -0.0498. The van der Waals surface area contributed by atoms with Crippen LogP contribution in [-0.2, 0) is 0 Å². The molecule has 0 spiro atoms. The molecule has 38 heavy (non-hydrogen) atoms. The Balaban J connectivity index is 1.37. The van der Waals surface area contributed by atoms with Gasteiger partial charge in [-0.1, -0.05) is 72.4 Å². The Bertz CT molecular complexity index is 1490. The van der Waals surface area contributed by atoms with Crippen molar-refractivity contribution in [1.29, 1.82) is 0 Å². The van der Waals surface area contributed by atoms with Gasteiger partial charge in [-0.3, -0.25) is 4.79 Å². The number of hydrogen-bond acceptors (Lipinski definition) is 5. The summed E-state index contributed by atoms with van der Waals surface area (Å²) in [6.45, 7) is 0.877. The number of ether oxygens (including phenoxy) is 1. The zero-order valence-corrected chi connectivity index (χ0v) is 21.5. The van der Waals surface area contributed by atoms with Crippen LogP contribution < -0.4 is 4.74 Å². The number of carbonyl (C=O) groups excluding carboxylic acids is 1. The van der Waals surface area contributed by atoms with Gasteiger partial charge >= 0.3 is 6.61 Å². The minimum atomic E-state index is -2.88. The molecule has 0 aliphatic heterocycles. The minimum Gasteiger partial charge on any atom is -0.435 e. The van der Waals surface area contributed by atoms with Gasteiger partial charge in [-0.25, -0.2) is 4.98 Å². The molecule has 0 fully saturated rings. The van der Waals surface area contributed by atoms with E-state index < -0.39 is 6.61 Å². The van der Waals surface area contributed by atoms with Gasteiger partial charge in [0.05, 0.1) is 5.75 Å². The lowest BCUT2D eigenvalue weighted by atomic mass is 10.1. The second kappa shape index (κ2) is 11.1. The van der Waals surface area contributed by atoms with Crippen LogP contribution in [0.25, 0.3) is 28.3 Å². The summed E-state index contributed by atoms with van der Waals surface area (Å²) < 4.78 is 37.4. The van der Waals surface area contributed by atoms with Crippen molar-refractivity contribution in [2.24, 2.45) is 0 Å². The summed E-state index contributed by atoms with van der Waals surface area (Å²) in [5.41, 5.74) is 5.52. The molecule has 0 unspecified atom stereocenters. The van der Waals surface area contributed by atoms with Crippen molar-refractivity contribution >= 4 is 17.5 Å². The number of alkyl halides is 2. The molecule has 0 amide bonds. The molecular formula is C30H24F2N2O3S. The minimum absolute atomic E-state index is 0.0623. The van der Waals surface area contributed by atoms with Gasteiger partial charge in [-0.2, -0.15) is 8.78 Å². The van der Waals surface area contributed by atoms with E-state index >= 15 is 0 Å². The third kappa shape index (κ3) is 5.40. The highest BCUT2D eigenvalue weighted by Gasteiger charge is 2.21. The predicted molar refractivity (Wildman–Crippen MR) is 144 cm³/mol. The quantitative estimate of drug-likeness (QED) is 0.143. The van der Waals surface area contributed by atoms with Crippen LogP contribution in [0.1, 0.15) is 21.7 Å². The van der Waals surface area contributed by atoms with Gasteiger partial charge in [0, 0.05) is 33.8 Å². The summed E-state index contributed by atoms with van der Waals surface area (Å²) in [6.07, 6.45) is 0. The molecule has 2 aromatic heterocycles. The summed E-state index contributed by atoms with van der Waals surface area (Å²) in [7, 11) is 0. The van der Waals surface area contributed by atoms with Gasteiger partial charge < -0.3 is 13.7 Å². The van der Waals surface area contributed by atoms with Crippen molar-refractivity contribution < 1.29 is 22.7 Å². The molecule has 0 saturated heterocycles. The SMILES string of the molecule is Cc1cc(C(=O)CSc2nc(-c3ccccc3)c(-c3ccccc3)o2)c(C)n1-c1ccc(OC(F)F)cc1. The number of oxazole rings is 1. The number of ketones is 1. The van der Waals surface area contributed by atoms with Crippen molar-refractivity contribution in [2.75, 3.05) is 5.75 Å². The topological polar surface area (TPSA) is 57.3 Å². The Hall–Kier alpha value is -4.17. The van der Waals surface area contributed by atoms with Crippen LogP contribution in [0.3, 0.4) is 0 Å². The fraction of sp³-hybridized carbons (Fsp3) is 0.133. The van der Waals surface area contributed by atoms with E-state index in [0.29, 0.717) is 16.5 Å². The van der Waals surface area contributed by atoms with Gasteiger partial charge in [0.1, 0.15) is 11.4 Å². The van der Waals surface area contributed by atoms with E-state index in [1.54, 1.807) is 12.1 Å². The normalized spacial score (nSPS) is 11.2. The molecule has 0 N–H and O–H groups in total. The summed E-state index contributed by atoms with van der Waals surface area (Å²) in [5.74, 6) is 0.820. The maximum atomic E-state index is 13.2. The second-order valence-electron chi connectivity index (χ2n) is 8.59. The van der Waals surface area contributed by atoms with Crippen LogP contribution in [-0.4, -0.2) is 27.7 Å². The number of thioether (sulfide) groups is 1. The van der Waals surface area contributed by atoms with E-state index in [9.17, 15) is 13.6 Å². The van der Waals surface area contributed by atoms with Gasteiger partial charge in [0.25, 0.3) is 5.22 Å². The maximum Gasteiger partial charge on any atom is 0.387 e. The van der Waals surface area contributed by atoms with Gasteiger partial charge in [0.2, 0.25) is 0 Å². The summed E-state index contributed by atoms with van der Waals surface area (Å²) >= 11 is 1.25. The number of benzene rings is 3. The van der Waals surface area contributed by atoms with Crippen molar-refractivity contribution in [1.82, 2.24) is 9.55 Å². The Morgan fingerprint density at radius 2 is 1.58 bits per heavy atom. The second-order valence-corrected chi connectivity index (χ2v) is 9.52. The van der Waals surface area contributed by atoms with E-state index in [4.69, 9.17) is 9.40 Å². The zero-order chi connectivity index (χ0) is 26.6. The molecule has 2 heterocycles. The lowest BCUT2D eigenvalue weighted by Gasteiger charge is -2.11. The van der Waals surface area contributed by atoms with Crippen LogP contribution >= 0.6 is 11.8 Å².